The van der Waals surface area contributed by atoms with Crippen LogP contribution in [0.15, 0.2) is 29.1 Å². The number of anilines is 1. The van der Waals surface area contributed by atoms with Gasteiger partial charge >= 0.3 is 5.69 Å². The molecule has 148 valence electrons. The van der Waals surface area contributed by atoms with Crippen LogP contribution in [0.2, 0.25) is 0 Å². The zero-order chi connectivity index (χ0) is 19.7. The van der Waals surface area contributed by atoms with Crippen molar-refractivity contribution >= 4 is 22.9 Å². The van der Waals surface area contributed by atoms with Gasteiger partial charge in [-0.15, -0.1) is 0 Å². The molecule has 9 nitrogen and oxygen atoms in total. The Morgan fingerprint density at radius 2 is 1.89 bits per heavy atom. The fourth-order valence-corrected chi connectivity index (χ4v) is 3.80. The van der Waals surface area contributed by atoms with E-state index in [1.165, 1.54) is 4.57 Å². The van der Waals surface area contributed by atoms with Crippen LogP contribution in [0.5, 0.6) is 0 Å². The molecule has 4 rings (SSSR count). The summed E-state index contributed by atoms with van der Waals surface area (Å²) in [6.07, 6.45) is 1.98. The van der Waals surface area contributed by atoms with Crippen molar-refractivity contribution in [3.05, 3.63) is 40.6 Å². The van der Waals surface area contributed by atoms with Gasteiger partial charge in [-0.05, 0) is 45.0 Å². The second kappa shape index (κ2) is 7.59. The second-order valence-electron chi connectivity index (χ2n) is 7.09. The van der Waals surface area contributed by atoms with E-state index in [0.29, 0.717) is 18.4 Å². The van der Waals surface area contributed by atoms with Crippen LogP contribution in [0.4, 0.5) is 5.95 Å². The molecule has 0 unspecified atom stereocenters. The molecule has 1 fully saturated rings. The van der Waals surface area contributed by atoms with E-state index in [1.54, 1.807) is 16.3 Å². The Bertz CT molecular complexity index is 1060. The molecule has 3 aromatic rings. The third-order valence-electron chi connectivity index (χ3n) is 5.28. The number of imidazole rings is 1. The van der Waals surface area contributed by atoms with Crippen LogP contribution in [-0.4, -0.2) is 42.9 Å². The Kier molecular flexibility index (Phi) is 4.99. The molecule has 1 amide bonds. The Labute approximate surface area is 162 Å². The maximum atomic E-state index is 12.7. The fraction of sp³-hybridized carbons (Fsp3) is 0.474. The van der Waals surface area contributed by atoms with Crippen molar-refractivity contribution in [2.75, 3.05) is 18.4 Å². The van der Waals surface area contributed by atoms with Gasteiger partial charge in [0.15, 0.2) is 5.82 Å². The fourth-order valence-electron chi connectivity index (χ4n) is 3.80. The first kappa shape index (κ1) is 18.4. The van der Waals surface area contributed by atoms with Crippen molar-refractivity contribution in [2.24, 2.45) is 7.05 Å². The molecule has 9 heteroatoms. The number of para-hydroxylation sites is 2. The topological polar surface area (TPSA) is 98.8 Å². The predicted octanol–water partition coefficient (Wildman–Crippen LogP) is 1.06. The first-order valence-corrected chi connectivity index (χ1v) is 9.68. The molecular weight excluding hydrogens is 358 g/mol. The minimum absolute atomic E-state index is 0.0676. The Morgan fingerprint density at radius 3 is 2.57 bits per heavy atom. The van der Waals surface area contributed by atoms with Crippen LogP contribution in [0.1, 0.15) is 31.5 Å². The summed E-state index contributed by atoms with van der Waals surface area (Å²) in [5.74, 6) is 1.18. The molecule has 1 saturated heterocycles. The third kappa shape index (κ3) is 3.33. The standard InChI is InChI=1S/C19H25N7O2/c1-3-25-14-6-4-5-7-15(14)26(19(25)28)12-16(27)21-18-22-17(23-24(18)2)13-8-10-20-11-9-13/h4-7,13,20H,3,8-12H2,1-2H3,(H,21,22,23,27). The predicted molar refractivity (Wildman–Crippen MR) is 106 cm³/mol. The zero-order valence-corrected chi connectivity index (χ0v) is 16.2. The highest BCUT2D eigenvalue weighted by atomic mass is 16.2. The summed E-state index contributed by atoms with van der Waals surface area (Å²) < 4.78 is 4.76. The quantitative estimate of drug-likeness (QED) is 0.686. The van der Waals surface area contributed by atoms with Gasteiger partial charge in [0.05, 0.1) is 11.0 Å². The Morgan fingerprint density at radius 1 is 1.21 bits per heavy atom. The van der Waals surface area contributed by atoms with Crippen LogP contribution in [0, 0.1) is 0 Å². The molecule has 0 spiro atoms. The molecule has 1 aliphatic rings. The number of nitrogens with one attached hydrogen (secondary N) is 2. The molecule has 1 aliphatic heterocycles. The van der Waals surface area contributed by atoms with E-state index in [1.807, 2.05) is 31.2 Å². The lowest BCUT2D eigenvalue weighted by Gasteiger charge is -2.19. The summed E-state index contributed by atoms with van der Waals surface area (Å²) in [6, 6.07) is 7.50. The van der Waals surface area contributed by atoms with Crippen LogP contribution >= 0.6 is 0 Å². The summed E-state index contributed by atoms with van der Waals surface area (Å²) in [4.78, 5) is 29.9. The van der Waals surface area contributed by atoms with Gasteiger partial charge < -0.3 is 5.32 Å². The lowest BCUT2D eigenvalue weighted by molar-refractivity contribution is -0.116. The molecule has 2 N–H and O–H groups in total. The number of benzene rings is 1. The molecule has 3 heterocycles. The second-order valence-corrected chi connectivity index (χ2v) is 7.09. The number of aromatic nitrogens is 5. The number of aryl methyl sites for hydroxylation is 2. The summed E-state index contributed by atoms with van der Waals surface area (Å²) in [6.45, 7) is 4.31. The van der Waals surface area contributed by atoms with Gasteiger partial charge in [0.25, 0.3) is 0 Å². The summed E-state index contributed by atoms with van der Waals surface area (Å²) >= 11 is 0. The average Bonchev–Trinajstić information content (AvgIpc) is 3.20. The molecule has 28 heavy (non-hydrogen) atoms. The van der Waals surface area contributed by atoms with Crippen molar-refractivity contribution in [2.45, 2.75) is 38.8 Å². The maximum absolute atomic E-state index is 12.7. The Hall–Kier alpha value is -2.94. The number of rotatable bonds is 5. The number of carbonyl (C=O) groups is 1. The van der Waals surface area contributed by atoms with Crippen LogP contribution in [0.25, 0.3) is 11.0 Å². The van der Waals surface area contributed by atoms with Crippen LogP contribution in [0.3, 0.4) is 0 Å². The van der Waals surface area contributed by atoms with Crippen LogP contribution in [-0.2, 0) is 24.9 Å². The Balaban J connectivity index is 1.54. The van der Waals surface area contributed by atoms with Crippen LogP contribution < -0.4 is 16.3 Å². The first-order valence-electron chi connectivity index (χ1n) is 9.68. The largest absolute Gasteiger partial charge is 0.329 e. The summed E-state index contributed by atoms with van der Waals surface area (Å²) in [7, 11) is 1.77. The van der Waals surface area contributed by atoms with Gasteiger partial charge in [-0.3, -0.25) is 19.2 Å². The average molecular weight is 383 g/mol. The van der Waals surface area contributed by atoms with E-state index in [9.17, 15) is 9.59 Å². The molecule has 2 aromatic heterocycles. The summed E-state index contributed by atoms with van der Waals surface area (Å²) in [5.41, 5.74) is 1.39. The van der Waals surface area contributed by atoms with Crippen molar-refractivity contribution in [1.29, 1.82) is 0 Å². The minimum Gasteiger partial charge on any atom is -0.317 e. The minimum atomic E-state index is -0.298. The highest BCUT2D eigenvalue weighted by molar-refractivity contribution is 5.90. The van der Waals surface area contributed by atoms with E-state index in [0.717, 1.165) is 42.8 Å². The van der Waals surface area contributed by atoms with E-state index in [2.05, 4.69) is 20.7 Å². The van der Waals surface area contributed by atoms with Gasteiger partial charge in [0, 0.05) is 19.5 Å². The number of fused-ring (bicyclic) bond motifs is 1. The van der Waals surface area contributed by atoms with Gasteiger partial charge in [-0.2, -0.15) is 10.1 Å². The normalized spacial score (nSPS) is 15.2. The third-order valence-corrected chi connectivity index (χ3v) is 5.28. The first-order chi connectivity index (χ1) is 13.6. The molecule has 0 atom stereocenters. The molecule has 0 bridgehead atoms. The number of hydrogen-bond acceptors (Lipinski definition) is 5. The van der Waals surface area contributed by atoms with E-state index in [-0.39, 0.29) is 18.1 Å². The van der Waals surface area contributed by atoms with Crippen molar-refractivity contribution < 1.29 is 4.79 Å². The highest BCUT2D eigenvalue weighted by Gasteiger charge is 2.22. The number of hydrogen-bond donors (Lipinski definition) is 2. The number of amides is 1. The van der Waals surface area contributed by atoms with Crippen molar-refractivity contribution in [1.82, 2.24) is 29.2 Å². The molecule has 0 saturated carbocycles. The smallest absolute Gasteiger partial charge is 0.317 e. The van der Waals surface area contributed by atoms with Crippen molar-refractivity contribution in [3.8, 4) is 0 Å². The molecule has 0 radical (unpaired) electrons. The lowest BCUT2D eigenvalue weighted by atomic mass is 9.98. The molecule has 0 aliphatic carbocycles. The van der Waals surface area contributed by atoms with Gasteiger partial charge in [-0.25, -0.2) is 9.48 Å². The summed E-state index contributed by atoms with van der Waals surface area (Å²) in [5, 5.41) is 10.6. The van der Waals surface area contributed by atoms with E-state index < -0.39 is 0 Å². The highest BCUT2D eigenvalue weighted by Crippen LogP contribution is 2.23. The number of nitrogens with zero attached hydrogens (tertiary/aromatic N) is 5. The van der Waals surface area contributed by atoms with Crippen molar-refractivity contribution in [3.63, 3.8) is 0 Å². The zero-order valence-electron chi connectivity index (χ0n) is 16.2. The number of carbonyl (C=O) groups excluding carboxylic acids is 1. The monoisotopic (exact) mass is 383 g/mol. The lowest BCUT2D eigenvalue weighted by Crippen LogP contribution is -2.29. The van der Waals surface area contributed by atoms with Gasteiger partial charge in [0.2, 0.25) is 11.9 Å². The SMILES string of the molecule is CCn1c(=O)n(CC(=O)Nc2nc(C3CCNCC3)nn2C)c2ccccc21. The maximum Gasteiger partial charge on any atom is 0.329 e. The van der Waals surface area contributed by atoms with E-state index >= 15 is 0 Å². The van der Waals surface area contributed by atoms with Gasteiger partial charge in [-0.1, -0.05) is 12.1 Å². The number of piperidine rings is 1. The van der Waals surface area contributed by atoms with E-state index in [4.69, 9.17) is 0 Å². The van der Waals surface area contributed by atoms with Gasteiger partial charge in [0.1, 0.15) is 6.54 Å². The molecule has 1 aromatic carbocycles. The molecular formula is C19H25N7O2.